The molecule has 0 aliphatic rings. The summed E-state index contributed by atoms with van der Waals surface area (Å²) in [5, 5.41) is 0. The van der Waals surface area contributed by atoms with Gasteiger partial charge in [0.1, 0.15) is 5.82 Å². The monoisotopic (exact) mass is 434 g/mol. The third kappa shape index (κ3) is 2.86. The number of benzene rings is 2. The van der Waals surface area contributed by atoms with Crippen molar-refractivity contribution in [3.05, 3.63) is 67.9 Å². The SMILES string of the molecule is Cc1cc(Br)c(C(Br)c2ccccc2F)cc1Br. The third-order valence-electron chi connectivity index (χ3n) is 2.73. The van der Waals surface area contributed by atoms with Gasteiger partial charge in [-0.3, -0.25) is 0 Å². The molecular formula is C14H10Br3F. The summed E-state index contributed by atoms with van der Waals surface area (Å²) in [5.41, 5.74) is 2.77. The molecule has 0 amide bonds. The largest absolute Gasteiger partial charge is 0.207 e. The van der Waals surface area contributed by atoms with Crippen LogP contribution >= 0.6 is 47.8 Å². The van der Waals surface area contributed by atoms with Gasteiger partial charge in [0.2, 0.25) is 0 Å². The van der Waals surface area contributed by atoms with Crippen LogP contribution < -0.4 is 0 Å². The van der Waals surface area contributed by atoms with Crippen molar-refractivity contribution in [2.75, 3.05) is 0 Å². The zero-order valence-electron chi connectivity index (χ0n) is 9.55. The van der Waals surface area contributed by atoms with Crippen molar-refractivity contribution >= 4 is 47.8 Å². The minimum Gasteiger partial charge on any atom is -0.207 e. The van der Waals surface area contributed by atoms with Crippen LogP contribution in [-0.4, -0.2) is 0 Å². The van der Waals surface area contributed by atoms with Crippen LogP contribution in [0.25, 0.3) is 0 Å². The van der Waals surface area contributed by atoms with Gasteiger partial charge in [0.15, 0.2) is 0 Å². The molecule has 4 heteroatoms. The highest BCUT2D eigenvalue weighted by molar-refractivity contribution is 9.11. The fraction of sp³-hybridized carbons (Fsp3) is 0.143. The van der Waals surface area contributed by atoms with Crippen LogP contribution in [0.3, 0.4) is 0 Å². The molecule has 0 N–H and O–H groups in total. The van der Waals surface area contributed by atoms with Gasteiger partial charge in [-0.15, -0.1) is 0 Å². The predicted octanol–water partition coefficient (Wildman–Crippen LogP) is 6.14. The molecule has 0 saturated carbocycles. The Bertz CT molecular complexity index is 581. The highest BCUT2D eigenvalue weighted by Gasteiger charge is 2.17. The lowest BCUT2D eigenvalue weighted by Gasteiger charge is -2.15. The zero-order valence-corrected chi connectivity index (χ0v) is 14.3. The molecule has 0 bridgehead atoms. The second-order valence-corrected chi connectivity index (χ2v) is 6.63. The Morgan fingerprint density at radius 1 is 1.00 bits per heavy atom. The molecule has 0 nitrogen and oxygen atoms in total. The van der Waals surface area contributed by atoms with Crippen LogP contribution in [0.5, 0.6) is 0 Å². The van der Waals surface area contributed by atoms with E-state index >= 15 is 0 Å². The maximum atomic E-state index is 13.8. The lowest BCUT2D eigenvalue weighted by atomic mass is 10.0. The van der Waals surface area contributed by atoms with Crippen LogP contribution in [0.1, 0.15) is 21.5 Å². The Labute approximate surface area is 131 Å². The molecule has 0 spiro atoms. The Morgan fingerprint density at radius 3 is 2.33 bits per heavy atom. The van der Waals surface area contributed by atoms with E-state index < -0.39 is 0 Å². The molecule has 94 valence electrons. The molecule has 1 atom stereocenters. The molecule has 0 aliphatic heterocycles. The van der Waals surface area contributed by atoms with E-state index in [4.69, 9.17) is 0 Å². The van der Waals surface area contributed by atoms with Crippen LogP contribution in [0.2, 0.25) is 0 Å². The molecule has 0 aromatic heterocycles. The van der Waals surface area contributed by atoms with Gasteiger partial charge >= 0.3 is 0 Å². The van der Waals surface area contributed by atoms with Gasteiger partial charge in [-0.2, -0.15) is 0 Å². The first-order valence-electron chi connectivity index (χ1n) is 5.34. The molecule has 2 aromatic carbocycles. The molecule has 1 unspecified atom stereocenters. The molecule has 18 heavy (non-hydrogen) atoms. The van der Waals surface area contributed by atoms with Gasteiger partial charge in [0.05, 0.1) is 4.83 Å². The van der Waals surface area contributed by atoms with E-state index in [0.717, 1.165) is 20.1 Å². The van der Waals surface area contributed by atoms with Crippen LogP contribution in [-0.2, 0) is 0 Å². The summed E-state index contributed by atoms with van der Waals surface area (Å²) in [5.74, 6) is -0.206. The maximum Gasteiger partial charge on any atom is 0.127 e. The minimum absolute atomic E-state index is 0.176. The van der Waals surface area contributed by atoms with E-state index in [-0.39, 0.29) is 10.6 Å². The van der Waals surface area contributed by atoms with E-state index in [1.54, 1.807) is 12.1 Å². The summed E-state index contributed by atoms with van der Waals surface area (Å²) in [6, 6.07) is 10.8. The molecule has 0 fully saturated rings. The van der Waals surface area contributed by atoms with Gasteiger partial charge in [-0.05, 0) is 36.2 Å². The number of aryl methyl sites for hydroxylation is 1. The molecular weight excluding hydrogens is 427 g/mol. The predicted molar refractivity (Wildman–Crippen MR) is 83.7 cm³/mol. The molecule has 2 rings (SSSR count). The van der Waals surface area contributed by atoms with Crippen molar-refractivity contribution in [2.24, 2.45) is 0 Å². The number of hydrogen-bond donors (Lipinski definition) is 0. The van der Waals surface area contributed by atoms with E-state index in [1.807, 2.05) is 25.1 Å². The quantitative estimate of drug-likeness (QED) is 0.496. The van der Waals surface area contributed by atoms with Crippen molar-refractivity contribution in [3.8, 4) is 0 Å². The average molecular weight is 437 g/mol. The summed E-state index contributed by atoms with van der Waals surface area (Å²) >= 11 is 10.6. The average Bonchev–Trinajstić information content (AvgIpc) is 2.33. The van der Waals surface area contributed by atoms with Crippen molar-refractivity contribution in [2.45, 2.75) is 11.8 Å². The number of halogens is 4. The summed E-state index contributed by atoms with van der Waals surface area (Å²) in [6.45, 7) is 2.02. The van der Waals surface area contributed by atoms with Crippen LogP contribution in [0.15, 0.2) is 45.3 Å². The van der Waals surface area contributed by atoms with Crippen molar-refractivity contribution < 1.29 is 4.39 Å². The first-order valence-corrected chi connectivity index (χ1v) is 7.85. The van der Waals surface area contributed by atoms with E-state index in [0.29, 0.717) is 5.56 Å². The summed E-state index contributed by atoms with van der Waals surface area (Å²) < 4.78 is 15.8. The smallest absolute Gasteiger partial charge is 0.127 e. The highest BCUT2D eigenvalue weighted by Crippen LogP contribution is 2.38. The van der Waals surface area contributed by atoms with Crippen molar-refractivity contribution in [1.82, 2.24) is 0 Å². The Hall–Kier alpha value is -0.190. The summed E-state index contributed by atoms with van der Waals surface area (Å²) in [6.07, 6.45) is 0. The molecule has 0 heterocycles. The lowest BCUT2D eigenvalue weighted by molar-refractivity contribution is 0.613. The maximum absolute atomic E-state index is 13.8. The van der Waals surface area contributed by atoms with Crippen LogP contribution in [0, 0.1) is 12.7 Å². The lowest BCUT2D eigenvalue weighted by Crippen LogP contribution is -1.98. The molecule has 0 saturated heterocycles. The minimum atomic E-state index is -0.206. The second-order valence-electron chi connectivity index (χ2n) is 4.01. The zero-order chi connectivity index (χ0) is 13.3. The van der Waals surface area contributed by atoms with E-state index in [1.165, 1.54) is 6.07 Å². The van der Waals surface area contributed by atoms with E-state index in [9.17, 15) is 4.39 Å². The fourth-order valence-electron chi connectivity index (χ4n) is 1.70. The van der Waals surface area contributed by atoms with Crippen molar-refractivity contribution in [3.63, 3.8) is 0 Å². The number of hydrogen-bond acceptors (Lipinski definition) is 0. The first-order chi connectivity index (χ1) is 8.50. The van der Waals surface area contributed by atoms with Crippen LogP contribution in [0.4, 0.5) is 4.39 Å². The van der Waals surface area contributed by atoms with Gasteiger partial charge in [-0.25, -0.2) is 4.39 Å². The third-order valence-corrected chi connectivity index (χ3v) is 5.26. The number of alkyl halides is 1. The normalized spacial score (nSPS) is 12.5. The Kier molecular flexibility index (Phi) is 4.62. The van der Waals surface area contributed by atoms with Gasteiger partial charge in [0, 0.05) is 14.5 Å². The molecule has 0 aliphatic carbocycles. The Morgan fingerprint density at radius 2 is 1.67 bits per heavy atom. The summed E-state index contributed by atoms with van der Waals surface area (Å²) in [4.78, 5) is -0.176. The molecule has 0 radical (unpaired) electrons. The first kappa shape index (κ1) is 14.2. The van der Waals surface area contributed by atoms with Gasteiger partial charge in [-0.1, -0.05) is 66.0 Å². The van der Waals surface area contributed by atoms with Gasteiger partial charge in [0.25, 0.3) is 0 Å². The van der Waals surface area contributed by atoms with E-state index in [2.05, 4.69) is 47.8 Å². The molecule has 2 aromatic rings. The van der Waals surface area contributed by atoms with Crippen molar-refractivity contribution in [1.29, 1.82) is 0 Å². The fourth-order valence-corrected chi connectivity index (χ4v) is 3.81. The number of rotatable bonds is 2. The highest BCUT2D eigenvalue weighted by atomic mass is 79.9. The summed E-state index contributed by atoms with van der Waals surface area (Å²) in [7, 11) is 0. The standard InChI is InChI=1S/C14H10Br3F/c1-8-6-12(16)10(7-11(8)15)14(17)9-4-2-3-5-13(9)18/h2-7,14H,1H3. The van der Waals surface area contributed by atoms with Gasteiger partial charge < -0.3 is 0 Å². The topological polar surface area (TPSA) is 0 Å². The second kappa shape index (κ2) is 5.85. The Balaban J connectivity index is 2.50.